The van der Waals surface area contributed by atoms with E-state index >= 15 is 0 Å². The van der Waals surface area contributed by atoms with Crippen LogP contribution in [0, 0.1) is 0 Å². The summed E-state index contributed by atoms with van der Waals surface area (Å²) in [7, 11) is 1.53. The van der Waals surface area contributed by atoms with Gasteiger partial charge in [-0.3, -0.25) is 14.6 Å². The molecule has 2 heterocycles. The average molecular weight is 306 g/mol. The van der Waals surface area contributed by atoms with Crippen LogP contribution in [-0.2, 0) is 0 Å². The first-order valence-electron chi connectivity index (χ1n) is 7.03. The maximum atomic E-state index is 12.5. The highest BCUT2D eigenvalue weighted by atomic mass is 16.2. The molecule has 2 amide bonds. The van der Waals surface area contributed by atoms with Crippen LogP contribution in [0.5, 0.6) is 0 Å². The molecule has 2 N–H and O–H groups in total. The van der Waals surface area contributed by atoms with Crippen molar-refractivity contribution in [2.45, 2.75) is 0 Å². The molecular weight excluding hydrogens is 292 g/mol. The van der Waals surface area contributed by atoms with E-state index in [1.807, 2.05) is 12.1 Å². The quantitative estimate of drug-likeness (QED) is 0.777. The molecule has 0 saturated carbocycles. The van der Waals surface area contributed by atoms with Gasteiger partial charge in [0.15, 0.2) is 0 Å². The van der Waals surface area contributed by atoms with E-state index in [1.165, 1.54) is 7.05 Å². The molecule has 0 bridgehead atoms. The van der Waals surface area contributed by atoms with Crippen LogP contribution in [0.3, 0.4) is 0 Å². The van der Waals surface area contributed by atoms with Crippen molar-refractivity contribution < 1.29 is 9.59 Å². The van der Waals surface area contributed by atoms with Crippen LogP contribution < -0.4 is 10.6 Å². The van der Waals surface area contributed by atoms with Gasteiger partial charge in [-0.05, 0) is 30.3 Å². The Bertz CT molecular complexity index is 887. The maximum Gasteiger partial charge on any atom is 0.269 e. The van der Waals surface area contributed by atoms with Crippen LogP contribution in [0.4, 0.5) is 5.82 Å². The molecule has 0 radical (unpaired) electrons. The second-order valence-electron chi connectivity index (χ2n) is 4.82. The van der Waals surface area contributed by atoms with Crippen LogP contribution >= 0.6 is 0 Å². The predicted molar refractivity (Wildman–Crippen MR) is 87.3 cm³/mol. The van der Waals surface area contributed by atoms with E-state index in [9.17, 15) is 9.59 Å². The van der Waals surface area contributed by atoms with Gasteiger partial charge in [-0.2, -0.15) is 0 Å². The molecule has 0 aliphatic carbocycles. The van der Waals surface area contributed by atoms with Crippen molar-refractivity contribution in [3.8, 4) is 0 Å². The smallest absolute Gasteiger partial charge is 0.269 e. The van der Waals surface area contributed by atoms with Crippen LogP contribution in [0.2, 0.25) is 0 Å². The zero-order chi connectivity index (χ0) is 16.2. The number of amides is 2. The monoisotopic (exact) mass is 306 g/mol. The molecule has 1 aromatic carbocycles. The van der Waals surface area contributed by atoms with Crippen molar-refractivity contribution in [2.24, 2.45) is 0 Å². The van der Waals surface area contributed by atoms with Crippen LogP contribution in [0.1, 0.15) is 20.8 Å². The SMILES string of the molecule is CNC(=O)c1cccc(NC(=O)c2cccc3ncccc23)n1. The summed E-state index contributed by atoms with van der Waals surface area (Å²) in [5.74, 6) is -0.294. The lowest BCUT2D eigenvalue weighted by atomic mass is 10.1. The molecule has 6 heteroatoms. The van der Waals surface area contributed by atoms with Gasteiger partial charge in [0.2, 0.25) is 0 Å². The lowest BCUT2D eigenvalue weighted by molar-refractivity contribution is 0.0956. The Morgan fingerprint density at radius 1 is 0.957 bits per heavy atom. The van der Waals surface area contributed by atoms with E-state index < -0.39 is 0 Å². The molecule has 23 heavy (non-hydrogen) atoms. The first kappa shape index (κ1) is 14.6. The van der Waals surface area contributed by atoms with E-state index in [0.717, 1.165) is 10.9 Å². The van der Waals surface area contributed by atoms with Gasteiger partial charge >= 0.3 is 0 Å². The number of benzene rings is 1. The fourth-order valence-electron chi connectivity index (χ4n) is 2.24. The highest BCUT2D eigenvalue weighted by molar-refractivity contribution is 6.12. The maximum absolute atomic E-state index is 12.5. The average Bonchev–Trinajstić information content (AvgIpc) is 2.60. The summed E-state index contributed by atoms with van der Waals surface area (Å²) >= 11 is 0. The topological polar surface area (TPSA) is 84.0 Å². The third-order valence-electron chi connectivity index (χ3n) is 3.34. The number of pyridine rings is 2. The van der Waals surface area contributed by atoms with Crippen molar-refractivity contribution in [3.05, 3.63) is 66.0 Å². The molecule has 0 aliphatic rings. The van der Waals surface area contributed by atoms with Gasteiger partial charge < -0.3 is 10.6 Å². The summed E-state index contributed by atoms with van der Waals surface area (Å²) < 4.78 is 0. The highest BCUT2D eigenvalue weighted by Crippen LogP contribution is 2.17. The minimum absolute atomic E-state index is 0.241. The first-order chi connectivity index (χ1) is 11.2. The third-order valence-corrected chi connectivity index (χ3v) is 3.34. The summed E-state index contributed by atoms with van der Waals surface area (Å²) in [6, 6.07) is 13.8. The van der Waals surface area contributed by atoms with Crippen LogP contribution in [-0.4, -0.2) is 28.8 Å². The van der Waals surface area contributed by atoms with Crippen LogP contribution in [0.15, 0.2) is 54.7 Å². The van der Waals surface area contributed by atoms with Gasteiger partial charge in [0, 0.05) is 24.2 Å². The number of nitrogens with one attached hydrogen (secondary N) is 2. The molecule has 0 saturated heterocycles. The zero-order valence-electron chi connectivity index (χ0n) is 12.4. The van der Waals surface area contributed by atoms with E-state index in [0.29, 0.717) is 11.4 Å². The summed E-state index contributed by atoms with van der Waals surface area (Å²) in [5, 5.41) is 5.97. The number of hydrogen-bond acceptors (Lipinski definition) is 4. The minimum atomic E-state index is -0.310. The number of hydrogen-bond donors (Lipinski definition) is 2. The minimum Gasteiger partial charge on any atom is -0.354 e. The second kappa shape index (κ2) is 6.23. The van der Waals surface area contributed by atoms with Crippen molar-refractivity contribution in [3.63, 3.8) is 0 Å². The molecule has 0 unspecified atom stereocenters. The summed E-state index contributed by atoms with van der Waals surface area (Å²) in [5.41, 5.74) is 1.49. The summed E-state index contributed by atoms with van der Waals surface area (Å²) in [6.07, 6.45) is 1.68. The van der Waals surface area contributed by atoms with Crippen molar-refractivity contribution in [1.82, 2.24) is 15.3 Å². The van der Waals surface area contributed by atoms with E-state index in [-0.39, 0.29) is 17.5 Å². The van der Waals surface area contributed by atoms with Crippen LogP contribution in [0.25, 0.3) is 10.9 Å². The standard InChI is InChI=1S/C17H14N4O2/c1-18-17(23)14-8-3-9-15(20-14)21-16(22)12-5-2-7-13-11(12)6-4-10-19-13/h2-10H,1H3,(H,18,23)(H,20,21,22). The predicted octanol–water partition coefficient (Wildman–Crippen LogP) is 2.24. The Kier molecular flexibility index (Phi) is 3.97. The molecule has 2 aromatic heterocycles. The Morgan fingerprint density at radius 3 is 2.61 bits per heavy atom. The second-order valence-corrected chi connectivity index (χ2v) is 4.82. The Balaban J connectivity index is 1.91. The van der Waals surface area contributed by atoms with Crippen molar-refractivity contribution >= 4 is 28.5 Å². The normalized spacial score (nSPS) is 10.3. The molecule has 3 rings (SSSR count). The first-order valence-corrected chi connectivity index (χ1v) is 7.03. The molecule has 0 aliphatic heterocycles. The molecule has 0 atom stereocenters. The summed E-state index contributed by atoms with van der Waals surface area (Å²) in [4.78, 5) is 32.5. The number of rotatable bonds is 3. The van der Waals surface area contributed by atoms with Crippen molar-refractivity contribution in [1.29, 1.82) is 0 Å². The van der Waals surface area contributed by atoms with Gasteiger partial charge in [-0.1, -0.05) is 18.2 Å². The van der Waals surface area contributed by atoms with Gasteiger partial charge in [0.05, 0.1) is 5.52 Å². The molecule has 6 nitrogen and oxygen atoms in total. The van der Waals surface area contributed by atoms with Gasteiger partial charge in [-0.25, -0.2) is 4.98 Å². The number of carbonyl (C=O) groups excluding carboxylic acids is 2. The highest BCUT2D eigenvalue weighted by Gasteiger charge is 2.12. The number of carbonyl (C=O) groups is 2. The Morgan fingerprint density at radius 2 is 1.78 bits per heavy atom. The van der Waals surface area contributed by atoms with E-state index in [2.05, 4.69) is 20.6 Å². The largest absolute Gasteiger partial charge is 0.354 e. The van der Waals surface area contributed by atoms with Gasteiger partial charge in [0.1, 0.15) is 11.5 Å². The molecular formula is C17H14N4O2. The third kappa shape index (κ3) is 3.01. The van der Waals surface area contributed by atoms with E-state index in [4.69, 9.17) is 0 Å². The molecule has 0 fully saturated rings. The lowest BCUT2D eigenvalue weighted by Gasteiger charge is -2.08. The molecule has 114 valence electrons. The fourth-order valence-corrected chi connectivity index (χ4v) is 2.24. The lowest BCUT2D eigenvalue weighted by Crippen LogP contribution is -2.20. The Labute approximate surface area is 132 Å². The van der Waals surface area contributed by atoms with E-state index in [1.54, 1.807) is 42.6 Å². The summed E-state index contributed by atoms with van der Waals surface area (Å²) in [6.45, 7) is 0. The Hall–Kier alpha value is -3.28. The van der Waals surface area contributed by atoms with Gasteiger partial charge in [0.25, 0.3) is 11.8 Å². The molecule has 3 aromatic rings. The number of fused-ring (bicyclic) bond motifs is 1. The number of aromatic nitrogens is 2. The number of anilines is 1. The molecule has 0 spiro atoms. The van der Waals surface area contributed by atoms with Crippen molar-refractivity contribution in [2.75, 3.05) is 12.4 Å². The number of nitrogens with zero attached hydrogens (tertiary/aromatic N) is 2. The van der Waals surface area contributed by atoms with Gasteiger partial charge in [-0.15, -0.1) is 0 Å². The fraction of sp³-hybridized carbons (Fsp3) is 0.0588. The zero-order valence-corrected chi connectivity index (χ0v) is 12.4.